The summed E-state index contributed by atoms with van der Waals surface area (Å²) in [6, 6.07) is 14.5. The molecule has 1 aliphatic rings. The summed E-state index contributed by atoms with van der Waals surface area (Å²) in [5, 5.41) is 2.71. The molecule has 4 nitrogen and oxygen atoms in total. The Kier molecular flexibility index (Phi) is 6.62. The topological polar surface area (TPSA) is 55.4 Å². The minimum atomic E-state index is -0.465. The van der Waals surface area contributed by atoms with Crippen LogP contribution in [0.4, 0.5) is 4.39 Å². The summed E-state index contributed by atoms with van der Waals surface area (Å²) in [6.45, 7) is 1.97. The lowest BCUT2D eigenvalue weighted by molar-refractivity contribution is -0.139. The van der Waals surface area contributed by atoms with E-state index in [9.17, 15) is 14.0 Å². The predicted molar refractivity (Wildman–Crippen MR) is 108 cm³/mol. The van der Waals surface area contributed by atoms with Crippen LogP contribution in [0.1, 0.15) is 36.8 Å². The van der Waals surface area contributed by atoms with Gasteiger partial charge in [0.15, 0.2) is 0 Å². The van der Waals surface area contributed by atoms with E-state index in [0.29, 0.717) is 27.7 Å². The molecule has 28 heavy (non-hydrogen) atoms. The molecule has 2 aromatic rings. The van der Waals surface area contributed by atoms with E-state index in [1.54, 1.807) is 19.1 Å². The first-order valence-electron chi connectivity index (χ1n) is 9.12. The molecular formula is C22H21BrFNO3. The Hall–Kier alpha value is -2.47. The SMILES string of the molecule is CC1=C(C(=O)OCCCc2ccccc2)[C@@H](c2ccc(F)c(Br)c2)CC(=O)N1. The highest BCUT2D eigenvalue weighted by Gasteiger charge is 2.33. The molecule has 1 heterocycles. The van der Waals surface area contributed by atoms with Crippen LogP contribution >= 0.6 is 15.9 Å². The van der Waals surface area contributed by atoms with Gasteiger partial charge in [0.1, 0.15) is 5.82 Å². The van der Waals surface area contributed by atoms with Crippen molar-refractivity contribution >= 4 is 27.8 Å². The second kappa shape index (κ2) is 9.15. The second-order valence-electron chi connectivity index (χ2n) is 6.74. The van der Waals surface area contributed by atoms with Crippen LogP contribution in [0.5, 0.6) is 0 Å². The van der Waals surface area contributed by atoms with Gasteiger partial charge < -0.3 is 10.1 Å². The molecule has 0 saturated heterocycles. The number of amides is 1. The van der Waals surface area contributed by atoms with E-state index in [0.717, 1.165) is 6.42 Å². The number of esters is 1. The molecule has 2 aromatic carbocycles. The Labute approximate surface area is 171 Å². The Bertz CT molecular complexity index is 911. The molecule has 3 rings (SSSR count). The number of halogens is 2. The zero-order valence-corrected chi connectivity index (χ0v) is 17.1. The van der Waals surface area contributed by atoms with Gasteiger partial charge in [-0.05, 0) is 59.0 Å². The lowest BCUT2D eigenvalue weighted by Gasteiger charge is -2.26. The minimum absolute atomic E-state index is 0.115. The number of rotatable bonds is 6. The van der Waals surface area contributed by atoms with Crippen LogP contribution in [0, 0.1) is 5.82 Å². The fraction of sp³-hybridized carbons (Fsp3) is 0.273. The van der Waals surface area contributed by atoms with E-state index in [1.807, 2.05) is 30.3 Å². The van der Waals surface area contributed by atoms with Gasteiger partial charge in [-0.1, -0.05) is 36.4 Å². The third-order valence-electron chi connectivity index (χ3n) is 4.72. The molecule has 1 aliphatic heterocycles. The van der Waals surface area contributed by atoms with Gasteiger partial charge in [0, 0.05) is 18.0 Å². The Morgan fingerprint density at radius 1 is 1.25 bits per heavy atom. The van der Waals surface area contributed by atoms with Crippen molar-refractivity contribution in [2.75, 3.05) is 6.61 Å². The van der Waals surface area contributed by atoms with Gasteiger partial charge in [-0.15, -0.1) is 0 Å². The minimum Gasteiger partial charge on any atom is -0.462 e. The maximum absolute atomic E-state index is 13.6. The molecule has 0 aliphatic carbocycles. The number of aryl methyl sites for hydroxylation is 1. The summed E-state index contributed by atoms with van der Waals surface area (Å²) in [5.74, 6) is -1.48. The number of carbonyl (C=O) groups excluding carboxylic acids is 2. The van der Waals surface area contributed by atoms with Crippen LogP contribution < -0.4 is 5.32 Å². The number of carbonyl (C=O) groups is 2. The standard InChI is InChI=1S/C22H21BrFNO3/c1-14-21(22(27)28-11-5-8-15-6-3-2-4-7-15)17(13-20(26)25-14)16-9-10-19(24)18(23)12-16/h2-4,6-7,9-10,12,17H,5,8,11,13H2,1H3,(H,25,26)/t17-/m1/s1. The molecule has 1 atom stereocenters. The molecular weight excluding hydrogens is 425 g/mol. The molecule has 0 spiro atoms. The van der Waals surface area contributed by atoms with Crippen molar-refractivity contribution < 1.29 is 18.7 Å². The molecule has 6 heteroatoms. The van der Waals surface area contributed by atoms with Crippen molar-refractivity contribution in [3.8, 4) is 0 Å². The van der Waals surface area contributed by atoms with E-state index in [2.05, 4.69) is 21.2 Å². The van der Waals surface area contributed by atoms with E-state index in [-0.39, 0.29) is 18.9 Å². The van der Waals surface area contributed by atoms with Crippen molar-refractivity contribution in [2.24, 2.45) is 0 Å². The number of nitrogens with one attached hydrogen (secondary N) is 1. The van der Waals surface area contributed by atoms with Gasteiger partial charge in [-0.2, -0.15) is 0 Å². The summed E-state index contributed by atoms with van der Waals surface area (Å²) in [4.78, 5) is 24.8. The molecule has 0 fully saturated rings. The average molecular weight is 446 g/mol. The number of hydrogen-bond donors (Lipinski definition) is 1. The van der Waals surface area contributed by atoms with Gasteiger partial charge in [0.25, 0.3) is 0 Å². The molecule has 0 bridgehead atoms. The molecule has 1 N–H and O–H groups in total. The highest BCUT2D eigenvalue weighted by Crippen LogP contribution is 2.35. The number of ether oxygens (including phenoxy) is 1. The molecule has 0 saturated carbocycles. The molecule has 1 amide bonds. The number of allylic oxidation sites excluding steroid dienone is 1. The van der Waals surface area contributed by atoms with Crippen LogP contribution in [-0.4, -0.2) is 18.5 Å². The zero-order chi connectivity index (χ0) is 20.1. The fourth-order valence-electron chi connectivity index (χ4n) is 3.35. The van der Waals surface area contributed by atoms with E-state index >= 15 is 0 Å². The smallest absolute Gasteiger partial charge is 0.336 e. The Balaban J connectivity index is 1.70. The van der Waals surface area contributed by atoms with Gasteiger partial charge in [0.05, 0.1) is 16.7 Å². The monoisotopic (exact) mass is 445 g/mol. The van der Waals surface area contributed by atoms with Gasteiger partial charge >= 0.3 is 5.97 Å². The van der Waals surface area contributed by atoms with E-state index in [4.69, 9.17) is 4.74 Å². The van der Waals surface area contributed by atoms with Crippen molar-refractivity contribution in [3.63, 3.8) is 0 Å². The van der Waals surface area contributed by atoms with Crippen molar-refractivity contribution in [1.29, 1.82) is 0 Å². The van der Waals surface area contributed by atoms with Gasteiger partial charge in [-0.3, -0.25) is 4.79 Å². The zero-order valence-electron chi connectivity index (χ0n) is 15.5. The second-order valence-corrected chi connectivity index (χ2v) is 7.60. The average Bonchev–Trinajstić information content (AvgIpc) is 2.67. The quantitative estimate of drug-likeness (QED) is 0.520. The summed E-state index contributed by atoms with van der Waals surface area (Å²) in [5.41, 5.74) is 2.78. The van der Waals surface area contributed by atoms with Crippen LogP contribution in [0.15, 0.2) is 64.3 Å². The molecule has 0 unspecified atom stereocenters. The van der Waals surface area contributed by atoms with Crippen LogP contribution in [0.3, 0.4) is 0 Å². The Morgan fingerprint density at radius 2 is 2.00 bits per heavy atom. The fourth-order valence-corrected chi connectivity index (χ4v) is 3.75. The van der Waals surface area contributed by atoms with Crippen molar-refractivity contribution in [2.45, 2.75) is 32.1 Å². The summed E-state index contributed by atoms with van der Waals surface area (Å²) >= 11 is 3.17. The summed E-state index contributed by atoms with van der Waals surface area (Å²) < 4.78 is 19.4. The molecule has 0 radical (unpaired) electrons. The predicted octanol–water partition coefficient (Wildman–Crippen LogP) is 4.64. The van der Waals surface area contributed by atoms with Crippen LogP contribution in [-0.2, 0) is 20.7 Å². The summed E-state index contributed by atoms with van der Waals surface area (Å²) in [7, 11) is 0. The van der Waals surface area contributed by atoms with E-state index < -0.39 is 17.7 Å². The maximum atomic E-state index is 13.6. The first kappa shape index (κ1) is 20.3. The highest BCUT2D eigenvalue weighted by molar-refractivity contribution is 9.10. The lowest BCUT2D eigenvalue weighted by Crippen LogP contribution is -2.34. The maximum Gasteiger partial charge on any atom is 0.336 e. The Morgan fingerprint density at radius 3 is 2.71 bits per heavy atom. The first-order chi connectivity index (χ1) is 13.5. The lowest BCUT2D eigenvalue weighted by atomic mass is 9.84. The van der Waals surface area contributed by atoms with Crippen molar-refractivity contribution in [1.82, 2.24) is 5.32 Å². The highest BCUT2D eigenvalue weighted by atomic mass is 79.9. The van der Waals surface area contributed by atoms with Crippen LogP contribution in [0.2, 0.25) is 0 Å². The third kappa shape index (κ3) is 4.87. The van der Waals surface area contributed by atoms with Gasteiger partial charge in [0.2, 0.25) is 5.91 Å². The normalized spacial score (nSPS) is 16.7. The van der Waals surface area contributed by atoms with Gasteiger partial charge in [-0.25, -0.2) is 9.18 Å². The molecule has 0 aromatic heterocycles. The largest absolute Gasteiger partial charge is 0.462 e. The number of hydrogen-bond acceptors (Lipinski definition) is 3. The van der Waals surface area contributed by atoms with E-state index in [1.165, 1.54) is 11.6 Å². The summed E-state index contributed by atoms with van der Waals surface area (Å²) in [6.07, 6.45) is 1.64. The van der Waals surface area contributed by atoms with Crippen molar-refractivity contribution in [3.05, 3.63) is 81.2 Å². The molecule has 146 valence electrons. The third-order valence-corrected chi connectivity index (χ3v) is 5.33. The van der Waals surface area contributed by atoms with Crippen LogP contribution in [0.25, 0.3) is 0 Å². The number of benzene rings is 2. The first-order valence-corrected chi connectivity index (χ1v) is 9.91.